The predicted octanol–water partition coefficient (Wildman–Crippen LogP) is 3.73. The topological polar surface area (TPSA) is 108 Å². The van der Waals surface area contributed by atoms with Gasteiger partial charge in [0.15, 0.2) is 13.2 Å². The molecule has 2 aromatic carbocycles. The minimum atomic E-state index is -0.752. The molecule has 0 aromatic heterocycles. The highest BCUT2D eigenvalue weighted by atomic mass is 35.5. The first-order valence-electron chi connectivity index (χ1n) is 8.27. The Bertz CT molecular complexity index is 929. The van der Waals surface area contributed by atoms with Gasteiger partial charge in [0.25, 0.3) is 11.6 Å². The third kappa shape index (κ3) is 5.68. The second-order valence-electron chi connectivity index (χ2n) is 6.12. The highest BCUT2D eigenvalue weighted by Crippen LogP contribution is 2.27. The van der Waals surface area contributed by atoms with Crippen molar-refractivity contribution in [2.24, 2.45) is 0 Å². The summed E-state index contributed by atoms with van der Waals surface area (Å²) in [4.78, 5) is 34.3. The molecule has 1 N–H and O–H groups in total. The summed E-state index contributed by atoms with van der Waals surface area (Å²) in [6.45, 7) is 4.32. The number of nitro benzene ring substituents is 1. The first-order chi connectivity index (χ1) is 13.2. The Morgan fingerprint density at radius 2 is 1.75 bits per heavy atom. The van der Waals surface area contributed by atoms with Crippen LogP contribution in [0.3, 0.4) is 0 Å². The van der Waals surface area contributed by atoms with Gasteiger partial charge in [-0.25, -0.2) is 4.79 Å². The van der Waals surface area contributed by atoms with Gasteiger partial charge in [0, 0.05) is 11.1 Å². The molecule has 2 aromatic rings. The average molecular weight is 407 g/mol. The fraction of sp³-hybridized carbons (Fsp3) is 0.263. The molecule has 0 unspecified atom stereocenters. The number of rotatable bonds is 7. The van der Waals surface area contributed by atoms with E-state index in [0.29, 0.717) is 10.8 Å². The van der Waals surface area contributed by atoms with E-state index in [2.05, 4.69) is 5.32 Å². The number of hydrogen-bond acceptors (Lipinski definition) is 6. The van der Waals surface area contributed by atoms with E-state index in [-0.39, 0.29) is 11.4 Å². The number of amides is 1. The van der Waals surface area contributed by atoms with Crippen molar-refractivity contribution in [3.8, 4) is 5.75 Å². The lowest BCUT2D eigenvalue weighted by Crippen LogP contribution is -2.24. The van der Waals surface area contributed by atoms with Crippen LogP contribution in [0.25, 0.3) is 0 Å². The molecule has 0 heterocycles. The summed E-state index contributed by atoms with van der Waals surface area (Å²) >= 11 is 5.91. The third-order valence-electron chi connectivity index (χ3n) is 3.93. The lowest BCUT2D eigenvalue weighted by atomic mass is 10.1. The van der Waals surface area contributed by atoms with Crippen molar-refractivity contribution in [3.05, 3.63) is 62.2 Å². The zero-order valence-corrected chi connectivity index (χ0v) is 16.3. The van der Waals surface area contributed by atoms with E-state index in [4.69, 9.17) is 21.1 Å². The van der Waals surface area contributed by atoms with Crippen LogP contribution in [0, 0.1) is 30.9 Å². The van der Waals surface area contributed by atoms with Gasteiger partial charge in [-0.2, -0.15) is 0 Å². The quantitative estimate of drug-likeness (QED) is 0.426. The minimum absolute atomic E-state index is 0.0436. The number of nitrogens with zero attached hydrogens (tertiary/aromatic N) is 1. The van der Waals surface area contributed by atoms with E-state index in [1.807, 2.05) is 0 Å². The van der Waals surface area contributed by atoms with Gasteiger partial charge in [-0.1, -0.05) is 11.6 Å². The molecule has 0 aliphatic heterocycles. The Balaban J connectivity index is 1.88. The van der Waals surface area contributed by atoms with Crippen LogP contribution in [0.5, 0.6) is 5.75 Å². The first-order valence-corrected chi connectivity index (χ1v) is 8.65. The van der Waals surface area contributed by atoms with Crippen molar-refractivity contribution in [1.82, 2.24) is 0 Å². The standard InChI is InChI=1S/C19H19ClN2O6/c1-11-7-16(17(22(25)26)8-12(11)2)21-18(23)9-28-19(24)10-27-14-4-5-15(20)13(3)6-14/h4-8H,9-10H2,1-3H3,(H,21,23). The molecular formula is C19H19ClN2O6. The fourth-order valence-electron chi connectivity index (χ4n) is 2.28. The molecule has 0 saturated heterocycles. The second-order valence-corrected chi connectivity index (χ2v) is 6.53. The summed E-state index contributed by atoms with van der Waals surface area (Å²) in [6.07, 6.45) is 0. The molecule has 148 valence electrons. The zero-order chi connectivity index (χ0) is 20.8. The van der Waals surface area contributed by atoms with Gasteiger partial charge in [-0.3, -0.25) is 14.9 Å². The Morgan fingerprint density at radius 3 is 2.39 bits per heavy atom. The summed E-state index contributed by atoms with van der Waals surface area (Å²) in [5.74, 6) is -1.01. The number of halogens is 1. The van der Waals surface area contributed by atoms with Crippen molar-refractivity contribution in [1.29, 1.82) is 0 Å². The van der Waals surface area contributed by atoms with Gasteiger partial charge in [0.05, 0.1) is 4.92 Å². The summed E-state index contributed by atoms with van der Waals surface area (Å²) in [6, 6.07) is 7.79. The van der Waals surface area contributed by atoms with Crippen LogP contribution in [-0.4, -0.2) is 30.0 Å². The van der Waals surface area contributed by atoms with E-state index in [1.165, 1.54) is 12.1 Å². The fourth-order valence-corrected chi connectivity index (χ4v) is 2.39. The van der Waals surface area contributed by atoms with Crippen molar-refractivity contribution in [3.63, 3.8) is 0 Å². The molecule has 1 amide bonds. The van der Waals surface area contributed by atoms with E-state index in [0.717, 1.165) is 16.7 Å². The third-order valence-corrected chi connectivity index (χ3v) is 4.36. The molecule has 0 fully saturated rings. The maximum Gasteiger partial charge on any atom is 0.344 e. The van der Waals surface area contributed by atoms with Crippen LogP contribution < -0.4 is 10.1 Å². The van der Waals surface area contributed by atoms with Crippen LogP contribution in [-0.2, 0) is 14.3 Å². The molecule has 2 rings (SSSR count). The van der Waals surface area contributed by atoms with Gasteiger partial charge in [-0.05, 0) is 61.7 Å². The molecule has 0 radical (unpaired) electrons. The maximum atomic E-state index is 12.0. The second kappa shape index (κ2) is 9.18. The van der Waals surface area contributed by atoms with Gasteiger partial charge < -0.3 is 14.8 Å². The summed E-state index contributed by atoms with van der Waals surface area (Å²) in [7, 11) is 0. The smallest absolute Gasteiger partial charge is 0.344 e. The first kappa shape index (κ1) is 21.2. The Morgan fingerprint density at radius 1 is 1.07 bits per heavy atom. The normalized spacial score (nSPS) is 10.3. The SMILES string of the molecule is Cc1cc(NC(=O)COC(=O)COc2ccc(Cl)c(C)c2)c([N+](=O)[O-])cc1C. The number of hydrogen-bond donors (Lipinski definition) is 1. The molecule has 0 aliphatic carbocycles. The zero-order valence-electron chi connectivity index (χ0n) is 15.6. The Kier molecular flexibility index (Phi) is 6.94. The van der Waals surface area contributed by atoms with Crippen molar-refractivity contribution < 1.29 is 24.0 Å². The molecule has 8 nitrogen and oxygen atoms in total. The number of aryl methyl sites for hydroxylation is 3. The number of esters is 1. The number of anilines is 1. The van der Waals surface area contributed by atoms with Gasteiger partial charge in [-0.15, -0.1) is 0 Å². The van der Waals surface area contributed by atoms with E-state index < -0.39 is 30.0 Å². The minimum Gasteiger partial charge on any atom is -0.482 e. The summed E-state index contributed by atoms with van der Waals surface area (Å²) < 4.78 is 10.1. The number of benzene rings is 2. The molecule has 0 atom stereocenters. The molecule has 0 saturated carbocycles. The highest BCUT2D eigenvalue weighted by molar-refractivity contribution is 6.31. The Hall–Kier alpha value is -3.13. The molecule has 9 heteroatoms. The molecule has 0 aliphatic rings. The lowest BCUT2D eigenvalue weighted by Gasteiger charge is -2.10. The largest absolute Gasteiger partial charge is 0.482 e. The predicted molar refractivity (Wildman–Crippen MR) is 104 cm³/mol. The van der Waals surface area contributed by atoms with Crippen LogP contribution in [0.15, 0.2) is 30.3 Å². The van der Waals surface area contributed by atoms with Gasteiger partial charge >= 0.3 is 5.97 Å². The van der Waals surface area contributed by atoms with Crippen LogP contribution >= 0.6 is 11.6 Å². The van der Waals surface area contributed by atoms with E-state index in [9.17, 15) is 19.7 Å². The molecule has 28 heavy (non-hydrogen) atoms. The lowest BCUT2D eigenvalue weighted by molar-refractivity contribution is -0.384. The van der Waals surface area contributed by atoms with Gasteiger partial charge in [0.1, 0.15) is 11.4 Å². The number of carbonyl (C=O) groups is 2. The molecule has 0 spiro atoms. The van der Waals surface area contributed by atoms with Gasteiger partial charge in [0.2, 0.25) is 0 Å². The van der Waals surface area contributed by atoms with Crippen LogP contribution in [0.1, 0.15) is 16.7 Å². The van der Waals surface area contributed by atoms with Crippen molar-refractivity contribution >= 4 is 34.9 Å². The number of nitrogens with one attached hydrogen (secondary N) is 1. The summed E-state index contributed by atoms with van der Waals surface area (Å²) in [5, 5.41) is 14.1. The number of ether oxygens (including phenoxy) is 2. The van der Waals surface area contributed by atoms with Crippen LogP contribution in [0.4, 0.5) is 11.4 Å². The number of carbonyl (C=O) groups excluding carboxylic acids is 2. The monoisotopic (exact) mass is 406 g/mol. The van der Waals surface area contributed by atoms with E-state index >= 15 is 0 Å². The molecular weight excluding hydrogens is 388 g/mol. The van der Waals surface area contributed by atoms with E-state index in [1.54, 1.807) is 39.0 Å². The number of nitro groups is 1. The highest BCUT2D eigenvalue weighted by Gasteiger charge is 2.18. The molecule has 0 bridgehead atoms. The average Bonchev–Trinajstić information content (AvgIpc) is 2.63. The Labute approximate surface area is 166 Å². The van der Waals surface area contributed by atoms with Crippen LogP contribution in [0.2, 0.25) is 5.02 Å². The van der Waals surface area contributed by atoms with Crippen molar-refractivity contribution in [2.75, 3.05) is 18.5 Å². The maximum absolute atomic E-state index is 12.0. The van der Waals surface area contributed by atoms with Crippen molar-refractivity contribution in [2.45, 2.75) is 20.8 Å². The summed E-state index contributed by atoms with van der Waals surface area (Å²) in [5.41, 5.74) is 2.11.